The topological polar surface area (TPSA) is 59.3 Å². The van der Waals surface area contributed by atoms with E-state index in [0.29, 0.717) is 12.5 Å². The summed E-state index contributed by atoms with van der Waals surface area (Å²) in [6.45, 7) is 7.11. The second-order valence-electron chi connectivity index (χ2n) is 8.36. The van der Waals surface area contributed by atoms with Gasteiger partial charge in [-0.15, -0.1) is 0 Å². The molecule has 1 N–H and O–H groups in total. The van der Waals surface area contributed by atoms with Gasteiger partial charge in [0.25, 0.3) is 5.91 Å². The summed E-state index contributed by atoms with van der Waals surface area (Å²) in [5, 5.41) is 4.92. The Bertz CT molecular complexity index is 1260. The number of nitrogens with zero attached hydrogens (tertiary/aromatic N) is 3. The van der Waals surface area contributed by atoms with Crippen molar-refractivity contribution in [3.8, 4) is 0 Å². The molecule has 0 aliphatic carbocycles. The molecule has 0 fully saturated rings. The van der Waals surface area contributed by atoms with Crippen LogP contribution < -0.4 is 5.43 Å². The van der Waals surface area contributed by atoms with Gasteiger partial charge in [0.2, 0.25) is 0 Å². The lowest BCUT2D eigenvalue weighted by Gasteiger charge is -2.09. The fraction of sp³-hybridized carbons (Fsp3) is 0.222. The van der Waals surface area contributed by atoms with E-state index in [-0.39, 0.29) is 11.7 Å². The minimum Gasteiger partial charge on any atom is -0.314 e. The third-order valence-corrected chi connectivity index (χ3v) is 6.40. The van der Waals surface area contributed by atoms with E-state index >= 15 is 0 Å². The molecule has 5 nitrogen and oxygen atoms in total. The number of carbonyl (C=O) groups excluding carboxylic acids is 1. The van der Waals surface area contributed by atoms with Crippen LogP contribution in [0, 0.1) is 6.92 Å². The number of aryl methyl sites for hydroxylation is 1. The maximum Gasteiger partial charge on any atom is 0.250 e. The van der Waals surface area contributed by atoms with E-state index in [4.69, 9.17) is 4.98 Å². The average Bonchev–Trinajstić information content (AvgIpc) is 3.17. The third-order valence-electron chi connectivity index (χ3n) is 5.42. The molecule has 0 saturated heterocycles. The molecule has 1 amide bonds. The van der Waals surface area contributed by atoms with Gasteiger partial charge in [-0.25, -0.2) is 10.4 Å². The maximum absolute atomic E-state index is 12.4. The molecule has 0 unspecified atom stereocenters. The summed E-state index contributed by atoms with van der Waals surface area (Å²) < 4.78 is 2.16. The maximum atomic E-state index is 12.4. The molecule has 6 heteroatoms. The molecular formula is C27H28N4OS. The van der Waals surface area contributed by atoms with E-state index in [0.717, 1.165) is 21.8 Å². The van der Waals surface area contributed by atoms with Crippen molar-refractivity contribution in [3.63, 3.8) is 0 Å². The smallest absolute Gasteiger partial charge is 0.250 e. The zero-order valence-corrected chi connectivity index (χ0v) is 20.0. The van der Waals surface area contributed by atoms with Crippen LogP contribution in [0.1, 0.15) is 42.0 Å². The van der Waals surface area contributed by atoms with Crippen LogP contribution in [0.2, 0.25) is 0 Å². The average molecular weight is 457 g/mol. The van der Waals surface area contributed by atoms with Gasteiger partial charge in [-0.05, 0) is 41.7 Å². The summed E-state index contributed by atoms with van der Waals surface area (Å²) in [7, 11) is 0. The Labute approximate surface area is 198 Å². The number of fused-ring (bicyclic) bond motifs is 1. The summed E-state index contributed by atoms with van der Waals surface area (Å²) in [6, 6.07) is 24.7. The fourth-order valence-electron chi connectivity index (χ4n) is 3.50. The highest BCUT2D eigenvalue weighted by atomic mass is 32.2. The van der Waals surface area contributed by atoms with E-state index in [2.05, 4.69) is 78.3 Å². The van der Waals surface area contributed by atoms with Crippen molar-refractivity contribution in [2.45, 2.75) is 38.4 Å². The number of aromatic nitrogens is 2. The number of para-hydroxylation sites is 2. The number of hydrogen-bond donors (Lipinski definition) is 1. The van der Waals surface area contributed by atoms with Gasteiger partial charge in [0, 0.05) is 0 Å². The molecule has 4 rings (SSSR count). The van der Waals surface area contributed by atoms with Crippen molar-refractivity contribution in [1.29, 1.82) is 0 Å². The largest absolute Gasteiger partial charge is 0.314 e. The number of benzene rings is 3. The zero-order chi connectivity index (χ0) is 23.2. The molecule has 4 aromatic rings. The van der Waals surface area contributed by atoms with Crippen LogP contribution in [-0.2, 0) is 11.3 Å². The second-order valence-corrected chi connectivity index (χ2v) is 9.30. The summed E-state index contributed by atoms with van der Waals surface area (Å²) in [4.78, 5) is 17.1. The van der Waals surface area contributed by atoms with Crippen LogP contribution in [0.5, 0.6) is 0 Å². The fourth-order valence-corrected chi connectivity index (χ4v) is 4.31. The molecule has 0 saturated carbocycles. The monoisotopic (exact) mass is 456 g/mol. The summed E-state index contributed by atoms with van der Waals surface area (Å²) in [5.74, 6) is 0.563. The van der Waals surface area contributed by atoms with Crippen LogP contribution in [0.25, 0.3) is 11.0 Å². The van der Waals surface area contributed by atoms with Crippen LogP contribution in [0.4, 0.5) is 0 Å². The molecule has 1 aromatic heterocycles. The highest BCUT2D eigenvalue weighted by Gasteiger charge is 2.13. The molecule has 168 valence electrons. The summed E-state index contributed by atoms with van der Waals surface area (Å²) in [6.07, 6.45) is 1.67. The molecule has 0 aliphatic heterocycles. The number of imidazole rings is 1. The Balaban J connectivity index is 1.41. The molecule has 0 atom stereocenters. The van der Waals surface area contributed by atoms with Gasteiger partial charge >= 0.3 is 0 Å². The summed E-state index contributed by atoms with van der Waals surface area (Å²) in [5.41, 5.74) is 9.27. The number of nitrogens with one attached hydrogen (secondary N) is 1. The van der Waals surface area contributed by atoms with E-state index in [1.807, 2.05) is 30.3 Å². The van der Waals surface area contributed by atoms with E-state index in [1.165, 1.54) is 28.5 Å². The number of hydrogen-bond acceptors (Lipinski definition) is 4. The molecule has 0 bridgehead atoms. The highest BCUT2D eigenvalue weighted by molar-refractivity contribution is 7.99. The predicted molar refractivity (Wildman–Crippen MR) is 137 cm³/mol. The van der Waals surface area contributed by atoms with Crippen molar-refractivity contribution >= 4 is 34.9 Å². The third kappa shape index (κ3) is 5.90. The van der Waals surface area contributed by atoms with E-state index < -0.39 is 0 Å². The standard InChI is InChI=1S/C27H28N4OS/c1-19(2)23-14-12-21(13-15-23)16-28-30-26(32)18-33-27-29-24-6-4-5-7-25(24)31(27)17-22-10-8-20(3)9-11-22/h4-16,19H,17-18H2,1-3H3,(H,30,32)/b28-16+. The molecule has 0 aliphatic rings. The van der Waals surface area contributed by atoms with Crippen LogP contribution >= 0.6 is 11.8 Å². The lowest BCUT2D eigenvalue weighted by molar-refractivity contribution is -0.118. The van der Waals surface area contributed by atoms with Gasteiger partial charge in [0.1, 0.15) is 0 Å². The van der Waals surface area contributed by atoms with Crippen molar-refractivity contribution in [2.75, 3.05) is 5.75 Å². The van der Waals surface area contributed by atoms with Crippen molar-refractivity contribution in [3.05, 3.63) is 95.1 Å². The van der Waals surface area contributed by atoms with Gasteiger partial charge in [0.05, 0.1) is 29.5 Å². The van der Waals surface area contributed by atoms with Crippen molar-refractivity contribution in [2.24, 2.45) is 5.10 Å². The van der Waals surface area contributed by atoms with Crippen molar-refractivity contribution in [1.82, 2.24) is 15.0 Å². The van der Waals surface area contributed by atoms with Gasteiger partial charge < -0.3 is 4.57 Å². The SMILES string of the molecule is Cc1ccc(Cn2c(SCC(=O)N/N=C/c3ccc(C(C)C)cc3)nc3ccccc32)cc1. The first-order chi connectivity index (χ1) is 16.0. The molecule has 3 aromatic carbocycles. The minimum absolute atomic E-state index is 0.163. The number of thioether (sulfide) groups is 1. The number of rotatable bonds is 8. The number of hydrazone groups is 1. The lowest BCUT2D eigenvalue weighted by Crippen LogP contribution is -2.20. The Morgan fingerprint density at radius 3 is 2.52 bits per heavy atom. The molecular weight excluding hydrogens is 428 g/mol. The predicted octanol–water partition coefficient (Wildman–Crippen LogP) is 5.76. The Morgan fingerprint density at radius 1 is 1.06 bits per heavy atom. The molecule has 0 radical (unpaired) electrons. The van der Waals surface area contributed by atoms with Gasteiger partial charge in [-0.2, -0.15) is 5.10 Å². The Morgan fingerprint density at radius 2 is 1.79 bits per heavy atom. The van der Waals surface area contributed by atoms with Gasteiger partial charge in [-0.1, -0.05) is 91.8 Å². The van der Waals surface area contributed by atoms with Crippen molar-refractivity contribution < 1.29 is 4.79 Å². The lowest BCUT2D eigenvalue weighted by atomic mass is 10.0. The zero-order valence-electron chi connectivity index (χ0n) is 19.2. The Kier molecular flexibility index (Phi) is 7.25. The van der Waals surface area contributed by atoms with Gasteiger partial charge in [-0.3, -0.25) is 4.79 Å². The van der Waals surface area contributed by atoms with E-state index in [1.54, 1.807) is 6.21 Å². The minimum atomic E-state index is -0.163. The molecule has 1 heterocycles. The highest BCUT2D eigenvalue weighted by Crippen LogP contribution is 2.25. The first-order valence-electron chi connectivity index (χ1n) is 11.0. The number of amides is 1. The van der Waals surface area contributed by atoms with Crippen LogP contribution in [0.15, 0.2) is 83.1 Å². The summed E-state index contributed by atoms with van der Waals surface area (Å²) >= 11 is 1.42. The normalized spacial score (nSPS) is 11.5. The molecule has 33 heavy (non-hydrogen) atoms. The van der Waals surface area contributed by atoms with E-state index in [9.17, 15) is 4.79 Å². The van der Waals surface area contributed by atoms with Crippen LogP contribution in [-0.4, -0.2) is 27.4 Å². The second kappa shape index (κ2) is 10.5. The van der Waals surface area contributed by atoms with Gasteiger partial charge in [0.15, 0.2) is 5.16 Å². The first-order valence-corrected chi connectivity index (χ1v) is 12.0. The number of carbonyl (C=O) groups is 1. The first kappa shape index (κ1) is 22.8. The quantitative estimate of drug-likeness (QED) is 0.208. The Hall–Kier alpha value is -3.38. The van der Waals surface area contributed by atoms with Crippen LogP contribution in [0.3, 0.4) is 0 Å². The molecule has 0 spiro atoms.